The quantitative estimate of drug-likeness (QED) is 0.917. The molecule has 2 aromatic heterocycles. The Balaban J connectivity index is 1.73. The Bertz CT molecular complexity index is 798. The summed E-state index contributed by atoms with van der Waals surface area (Å²) in [4.78, 5) is 11.2. The van der Waals surface area contributed by atoms with Crippen molar-refractivity contribution in [3.63, 3.8) is 0 Å². The molecule has 5 nitrogen and oxygen atoms in total. The zero-order valence-electron chi connectivity index (χ0n) is 11.6. The summed E-state index contributed by atoms with van der Waals surface area (Å²) >= 11 is 1.76. The first-order valence-electron chi connectivity index (χ1n) is 7.34. The van der Waals surface area contributed by atoms with Crippen LogP contribution in [0.1, 0.15) is 29.7 Å². The maximum Gasteiger partial charge on any atom is 0.152 e. The smallest absolute Gasteiger partial charge is 0.152 e. The van der Waals surface area contributed by atoms with Crippen LogP contribution < -0.4 is 5.32 Å². The number of nitrogens with zero attached hydrogens (tertiary/aromatic N) is 2. The fourth-order valence-corrected chi connectivity index (χ4v) is 6.20. The molecule has 0 saturated carbocycles. The van der Waals surface area contributed by atoms with Gasteiger partial charge in [0.1, 0.15) is 17.0 Å². The molecule has 1 aliphatic carbocycles. The minimum Gasteiger partial charge on any atom is -0.366 e. The summed E-state index contributed by atoms with van der Waals surface area (Å²) in [5.74, 6) is 1.31. The second kappa shape index (κ2) is 4.91. The lowest BCUT2D eigenvalue weighted by Gasteiger charge is -2.15. The average Bonchev–Trinajstić information content (AvgIpc) is 2.99. The van der Waals surface area contributed by atoms with E-state index in [4.69, 9.17) is 0 Å². The lowest BCUT2D eigenvalue weighted by atomic mass is 9.97. The van der Waals surface area contributed by atoms with Crippen LogP contribution in [0, 0.1) is 0 Å². The van der Waals surface area contributed by atoms with Crippen molar-refractivity contribution in [2.45, 2.75) is 38.1 Å². The molecule has 1 fully saturated rings. The van der Waals surface area contributed by atoms with Crippen molar-refractivity contribution < 1.29 is 8.42 Å². The first kappa shape index (κ1) is 13.5. The van der Waals surface area contributed by atoms with E-state index in [-0.39, 0.29) is 17.5 Å². The molecule has 1 N–H and O–H groups in total. The molecule has 1 saturated heterocycles. The van der Waals surface area contributed by atoms with Gasteiger partial charge < -0.3 is 5.32 Å². The van der Waals surface area contributed by atoms with Gasteiger partial charge in [-0.15, -0.1) is 11.3 Å². The molecular formula is C14H17N3O2S2. The van der Waals surface area contributed by atoms with E-state index in [1.165, 1.54) is 23.3 Å². The number of anilines is 1. The number of sulfone groups is 1. The van der Waals surface area contributed by atoms with Crippen LogP contribution in [0.3, 0.4) is 0 Å². The minimum atomic E-state index is -2.88. The number of aryl methyl sites for hydroxylation is 2. The molecule has 0 spiro atoms. The zero-order valence-corrected chi connectivity index (χ0v) is 13.3. The Morgan fingerprint density at radius 3 is 2.90 bits per heavy atom. The van der Waals surface area contributed by atoms with Crippen molar-refractivity contribution in [3.05, 3.63) is 16.8 Å². The van der Waals surface area contributed by atoms with Gasteiger partial charge in [-0.1, -0.05) is 0 Å². The molecule has 1 atom stereocenters. The molecular weight excluding hydrogens is 306 g/mol. The lowest BCUT2D eigenvalue weighted by Crippen LogP contribution is -2.21. The van der Waals surface area contributed by atoms with Crippen LogP contribution >= 0.6 is 11.3 Å². The number of rotatable bonds is 2. The third-order valence-electron chi connectivity index (χ3n) is 4.32. The summed E-state index contributed by atoms with van der Waals surface area (Å²) in [6.07, 6.45) is 6.92. The maximum absolute atomic E-state index is 11.6. The zero-order chi connectivity index (χ0) is 14.4. The van der Waals surface area contributed by atoms with E-state index in [9.17, 15) is 8.42 Å². The molecule has 21 heavy (non-hydrogen) atoms. The van der Waals surface area contributed by atoms with Crippen molar-refractivity contribution in [1.29, 1.82) is 0 Å². The van der Waals surface area contributed by atoms with Gasteiger partial charge in [-0.3, -0.25) is 0 Å². The Labute approximate surface area is 127 Å². The molecule has 1 aliphatic heterocycles. The van der Waals surface area contributed by atoms with Gasteiger partial charge in [0.25, 0.3) is 0 Å². The van der Waals surface area contributed by atoms with Gasteiger partial charge >= 0.3 is 0 Å². The third kappa shape index (κ3) is 2.42. The van der Waals surface area contributed by atoms with Gasteiger partial charge in [-0.2, -0.15) is 0 Å². The van der Waals surface area contributed by atoms with E-state index in [1.807, 2.05) is 0 Å². The lowest BCUT2D eigenvalue weighted by molar-refractivity contribution is 0.602. The highest BCUT2D eigenvalue weighted by Gasteiger charge is 2.29. The first-order chi connectivity index (χ1) is 10.1. The third-order valence-corrected chi connectivity index (χ3v) is 7.29. The summed E-state index contributed by atoms with van der Waals surface area (Å²) in [5.41, 5.74) is 1.38. The molecule has 0 unspecified atom stereocenters. The van der Waals surface area contributed by atoms with Crippen LogP contribution in [0.5, 0.6) is 0 Å². The molecule has 0 bridgehead atoms. The number of fused-ring (bicyclic) bond motifs is 3. The number of thiophene rings is 1. The SMILES string of the molecule is O=S1(=O)CC[C@H](Nc2ncnc3sc4c(c23)CCCC4)C1. The minimum absolute atomic E-state index is 0.0211. The molecule has 2 aromatic rings. The van der Waals surface area contributed by atoms with Crippen molar-refractivity contribution >= 4 is 37.2 Å². The Kier molecular flexibility index (Phi) is 3.15. The largest absolute Gasteiger partial charge is 0.366 e. The van der Waals surface area contributed by atoms with E-state index in [0.29, 0.717) is 6.42 Å². The summed E-state index contributed by atoms with van der Waals surface area (Å²) in [5, 5.41) is 4.48. The van der Waals surface area contributed by atoms with E-state index >= 15 is 0 Å². The molecule has 0 aromatic carbocycles. The normalized spacial score (nSPS) is 24.1. The fourth-order valence-electron chi connectivity index (χ4n) is 3.30. The number of hydrogen-bond donors (Lipinski definition) is 1. The molecule has 2 aliphatic rings. The van der Waals surface area contributed by atoms with E-state index in [2.05, 4.69) is 15.3 Å². The van der Waals surface area contributed by atoms with E-state index < -0.39 is 9.84 Å². The van der Waals surface area contributed by atoms with Gasteiger partial charge in [-0.25, -0.2) is 18.4 Å². The van der Waals surface area contributed by atoms with Crippen LogP contribution in [0.4, 0.5) is 5.82 Å². The van der Waals surface area contributed by atoms with Crippen molar-refractivity contribution in [2.24, 2.45) is 0 Å². The Hall–Kier alpha value is -1.21. The van der Waals surface area contributed by atoms with Gasteiger partial charge in [0.05, 0.1) is 16.9 Å². The predicted octanol–water partition coefficient (Wildman–Crippen LogP) is 2.17. The number of nitrogens with one attached hydrogen (secondary N) is 1. The van der Waals surface area contributed by atoms with E-state index in [0.717, 1.165) is 28.9 Å². The van der Waals surface area contributed by atoms with Crippen molar-refractivity contribution in [1.82, 2.24) is 9.97 Å². The Morgan fingerprint density at radius 1 is 1.24 bits per heavy atom. The highest BCUT2D eigenvalue weighted by Crippen LogP contribution is 2.38. The van der Waals surface area contributed by atoms with E-state index in [1.54, 1.807) is 17.7 Å². The molecule has 112 valence electrons. The fraction of sp³-hybridized carbons (Fsp3) is 0.571. The second-order valence-corrected chi connectivity index (χ2v) is 9.17. The summed E-state index contributed by atoms with van der Waals surface area (Å²) in [6.45, 7) is 0. The monoisotopic (exact) mass is 323 g/mol. The van der Waals surface area contributed by atoms with Crippen LogP contribution in [0.25, 0.3) is 10.2 Å². The van der Waals surface area contributed by atoms with Crippen LogP contribution in [0.2, 0.25) is 0 Å². The maximum atomic E-state index is 11.6. The summed E-state index contributed by atoms with van der Waals surface area (Å²) < 4.78 is 23.2. The molecule has 0 radical (unpaired) electrons. The van der Waals surface area contributed by atoms with Gasteiger partial charge in [0, 0.05) is 10.9 Å². The van der Waals surface area contributed by atoms with Gasteiger partial charge in [-0.05, 0) is 37.7 Å². The van der Waals surface area contributed by atoms with Gasteiger partial charge in [0.15, 0.2) is 9.84 Å². The topological polar surface area (TPSA) is 72.0 Å². The highest BCUT2D eigenvalue weighted by molar-refractivity contribution is 7.91. The molecule has 4 rings (SSSR count). The second-order valence-electron chi connectivity index (χ2n) is 5.86. The molecule has 7 heteroatoms. The number of aromatic nitrogens is 2. The van der Waals surface area contributed by atoms with Crippen LogP contribution in [-0.4, -0.2) is 35.9 Å². The first-order valence-corrected chi connectivity index (χ1v) is 9.98. The summed E-state index contributed by atoms with van der Waals surface area (Å²) in [6, 6.07) is -0.0211. The predicted molar refractivity (Wildman–Crippen MR) is 84.7 cm³/mol. The van der Waals surface area contributed by atoms with Crippen molar-refractivity contribution in [3.8, 4) is 0 Å². The molecule has 0 amide bonds. The Morgan fingerprint density at radius 2 is 2.10 bits per heavy atom. The van der Waals surface area contributed by atoms with Crippen molar-refractivity contribution in [2.75, 3.05) is 16.8 Å². The van der Waals surface area contributed by atoms with Crippen LogP contribution in [-0.2, 0) is 22.7 Å². The van der Waals surface area contributed by atoms with Gasteiger partial charge in [0.2, 0.25) is 0 Å². The molecule has 3 heterocycles. The average molecular weight is 323 g/mol. The summed E-state index contributed by atoms with van der Waals surface area (Å²) in [7, 11) is -2.88. The highest BCUT2D eigenvalue weighted by atomic mass is 32.2. The van der Waals surface area contributed by atoms with Crippen LogP contribution in [0.15, 0.2) is 6.33 Å². The standard InChI is InChI=1S/C14H17N3O2S2/c18-21(19)6-5-9(7-21)17-13-12-10-3-1-2-4-11(10)20-14(12)16-8-15-13/h8-9H,1-7H2,(H,15,16,17)/t9-/m0/s1. The number of hydrogen-bond acceptors (Lipinski definition) is 6.